The van der Waals surface area contributed by atoms with Crippen LogP contribution in [0.5, 0.6) is 5.75 Å². The molecule has 1 aromatic heterocycles. The number of benzene rings is 2. The number of carbonyl (C=O) groups is 1. The fourth-order valence-electron chi connectivity index (χ4n) is 2.53. The lowest BCUT2D eigenvalue weighted by molar-refractivity contribution is -0.115. The van der Waals surface area contributed by atoms with E-state index in [2.05, 4.69) is 15.6 Å². The Morgan fingerprint density at radius 3 is 2.52 bits per heavy atom. The van der Waals surface area contributed by atoms with Crippen LogP contribution in [0.3, 0.4) is 0 Å². The van der Waals surface area contributed by atoms with Crippen molar-refractivity contribution in [3.8, 4) is 5.75 Å². The first-order valence-electron chi connectivity index (χ1n) is 8.62. The molecular weight excluding hydrogens is 345 g/mol. The molecule has 138 valence electrons. The predicted molar refractivity (Wildman–Crippen MR) is 104 cm³/mol. The van der Waals surface area contributed by atoms with Gasteiger partial charge in [0, 0.05) is 5.69 Å². The summed E-state index contributed by atoms with van der Waals surface area (Å²) in [7, 11) is 0. The standard InChI is InChI=1S/C21H20FN3O2/c1-2-27-19-9-6-17(7-10-19)24-18-8-11-20(23-14-18)25-21(26)13-15-4-3-5-16(22)12-15/h3-12,14,24H,2,13H2,1H3,(H,23,25,26). The molecule has 3 aromatic rings. The molecule has 0 aliphatic heterocycles. The number of nitrogens with zero attached hydrogens (tertiary/aromatic N) is 1. The smallest absolute Gasteiger partial charge is 0.229 e. The van der Waals surface area contributed by atoms with Gasteiger partial charge in [-0.05, 0) is 61.0 Å². The zero-order valence-electron chi connectivity index (χ0n) is 14.9. The van der Waals surface area contributed by atoms with Gasteiger partial charge in [-0.15, -0.1) is 0 Å². The van der Waals surface area contributed by atoms with E-state index in [1.807, 2.05) is 37.3 Å². The molecule has 0 aliphatic carbocycles. The summed E-state index contributed by atoms with van der Waals surface area (Å²) < 4.78 is 18.6. The van der Waals surface area contributed by atoms with E-state index in [1.165, 1.54) is 12.1 Å². The lowest BCUT2D eigenvalue weighted by atomic mass is 10.1. The Morgan fingerprint density at radius 2 is 1.85 bits per heavy atom. The van der Waals surface area contributed by atoms with Gasteiger partial charge in [0.2, 0.25) is 5.91 Å². The SMILES string of the molecule is CCOc1ccc(Nc2ccc(NC(=O)Cc3cccc(F)c3)nc2)cc1. The number of pyridine rings is 1. The van der Waals surface area contributed by atoms with Gasteiger partial charge in [-0.1, -0.05) is 12.1 Å². The third-order valence-electron chi connectivity index (χ3n) is 3.74. The Hall–Kier alpha value is -3.41. The van der Waals surface area contributed by atoms with Gasteiger partial charge in [0.1, 0.15) is 17.4 Å². The minimum atomic E-state index is -0.358. The number of rotatable bonds is 7. The second kappa shape index (κ2) is 8.80. The average molecular weight is 365 g/mol. The van der Waals surface area contributed by atoms with Crippen LogP contribution in [0.2, 0.25) is 0 Å². The normalized spacial score (nSPS) is 10.3. The van der Waals surface area contributed by atoms with E-state index in [4.69, 9.17) is 4.74 Å². The van der Waals surface area contributed by atoms with Crippen LogP contribution in [0.15, 0.2) is 66.9 Å². The van der Waals surface area contributed by atoms with Crippen molar-refractivity contribution in [3.63, 3.8) is 0 Å². The molecule has 2 N–H and O–H groups in total. The number of carbonyl (C=O) groups excluding carboxylic acids is 1. The van der Waals surface area contributed by atoms with Gasteiger partial charge in [-0.25, -0.2) is 9.37 Å². The van der Waals surface area contributed by atoms with Crippen LogP contribution in [0.4, 0.5) is 21.6 Å². The zero-order valence-corrected chi connectivity index (χ0v) is 14.9. The zero-order chi connectivity index (χ0) is 19.1. The summed E-state index contributed by atoms with van der Waals surface area (Å²) in [5.74, 6) is 0.648. The van der Waals surface area contributed by atoms with Crippen LogP contribution in [0.25, 0.3) is 0 Å². The van der Waals surface area contributed by atoms with Crippen molar-refractivity contribution in [2.24, 2.45) is 0 Å². The van der Waals surface area contributed by atoms with Gasteiger partial charge in [-0.2, -0.15) is 0 Å². The van der Waals surface area contributed by atoms with E-state index < -0.39 is 0 Å². The molecule has 0 fully saturated rings. The largest absolute Gasteiger partial charge is 0.494 e. The number of amides is 1. The first-order chi connectivity index (χ1) is 13.1. The number of hydrogen-bond donors (Lipinski definition) is 2. The van der Waals surface area contributed by atoms with Crippen LogP contribution >= 0.6 is 0 Å². The molecule has 0 spiro atoms. The van der Waals surface area contributed by atoms with Crippen molar-refractivity contribution in [2.75, 3.05) is 17.2 Å². The van der Waals surface area contributed by atoms with Crippen LogP contribution in [0, 0.1) is 5.82 Å². The first kappa shape index (κ1) is 18.4. The third-order valence-corrected chi connectivity index (χ3v) is 3.74. The number of halogens is 1. The van der Waals surface area contributed by atoms with Crippen molar-refractivity contribution < 1.29 is 13.9 Å². The highest BCUT2D eigenvalue weighted by molar-refractivity contribution is 5.91. The van der Waals surface area contributed by atoms with Gasteiger partial charge in [0.25, 0.3) is 0 Å². The fourth-order valence-corrected chi connectivity index (χ4v) is 2.53. The Kier molecular flexibility index (Phi) is 5.99. The van der Waals surface area contributed by atoms with E-state index in [-0.39, 0.29) is 18.1 Å². The molecule has 6 heteroatoms. The molecule has 0 radical (unpaired) electrons. The van der Waals surface area contributed by atoms with E-state index >= 15 is 0 Å². The van der Waals surface area contributed by atoms with Gasteiger partial charge in [0.15, 0.2) is 0 Å². The highest BCUT2D eigenvalue weighted by Crippen LogP contribution is 2.20. The van der Waals surface area contributed by atoms with Crippen molar-refractivity contribution in [2.45, 2.75) is 13.3 Å². The van der Waals surface area contributed by atoms with Crippen LogP contribution < -0.4 is 15.4 Å². The molecule has 2 aromatic carbocycles. The highest BCUT2D eigenvalue weighted by Gasteiger charge is 2.06. The van der Waals surface area contributed by atoms with Crippen molar-refractivity contribution in [3.05, 3.63) is 78.2 Å². The Balaban J connectivity index is 1.55. The van der Waals surface area contributed by atoms with Crippen molar-refractivity contribution in [1.29, 1.82) is 0 Å². The second-order valence-electron chi connectivity index (χ2n) is 5.87. The molecule has 0 atom stereocenters. The molecule has 0 bridgehead atoms. The topological polar surface area (TPSA) is 63.2 Å². The predicted octanol–water partition coefficient (Wildman–Crippen LogP) is 4.54. The number of anilines is 3. The van der Waals surface area contributed by atoms with Crippen LogP contribution in [0.1, 0.15) is 12.5 Å². The Bertz CT molecular complexity index is 896. The summed E-state index contributed by atoms with van der Waals surface area (Å²) >= 11 is 0. The first-order valence-corrected chi connectivity index (χ1v) is 8.62. The Morgan fingerprint density at radius 1 is 1.07 bits per heavy atom. The summed E-state index contributed by atoms with van der Waals surface area (Å²) in [6.07, 6.45) is 1.72. The summed E-state index contributed by atoms with van der Waals surface area (Å²) in [5, 5.41) is 5.93. The van der Waals surface area contributed by atoms with E-state index in [1.54, 1.807) is 24.4 Å². The third kappa shape index (κ3) is 5.54. The molecule has 0 unspecified atom stereocenters. The monoisotopic (exact) mass is 365 g/mol. The second-order valence-corrected chi connectivity index (χ2v) is 5.87. The number of nitrogens with one attached hydrogen (secondary N) is 2. The lowest BCUT2D eigenvalue weighted by Crippen LogP contribution is -2.15. The number of aromatic nitrogens is 1. The summed E-state index contributed by atoms with van der Waals surface area (Å²) in [6, 6.07) is 17.1. The molecule has 0 saturated heterocycles. The fraction of sp³-hybridized carbons (Fsp3) is 0.143. The van der Waals surface area contributed by atoms with Crippen molar-refractivity contribution in [1.82, 2.24) is 4.98 Å². The Labute approximate surface area is 157 Å². The van der Waals surface area contributed by atoms with E-state index in [0.29, 0.717) is 18.0 Å². The molecular formula is C21H20FN3O2. The quantitative estimate of drug-likeness (QED) is 0.645. The molecule has 0 aliphatic rings. The minimum Gasteiger partial charge on any atom is -0.494 e. The van der Waals surface area contributed by atoms with Gasteiger partial charge < -0.3 is 15.4 Å². The summed E-state index contributed by atoms with van der Waals surface area (Å²) in [6.45, 7) is 2.57. The maximum Gasteiger partial charge on any atom is 0.229 e. The maximum absolute atomic E-state index is 13.2. The van der Waals surface area contributed by atoms with E-state index in [0.717, 1.165) is 17.1 Å². The molecule has 1 heterocycles. The highest BCUT2D eigenvalue weighted by atomic mass is 19.1. The summed E-state index contributed by atoms with van der Waals surface area (Å²) in [4.78, 5) is 16.3. The molecule has 27 heavy (non-hydrogen) atoms. The van der Waals surface area contributed by atoms with Gasteiger partial charge in [-0.3, -0.25) is 4.79 Å². The van der Waals surface area contributed by atoms with Gasteiger partial charge in [0.05, 0.1) is 24.9 Å². The number of hydrogen-bond acceptors (Lipinski definition) is 4. The van der Waals surface area contributed by atoms with E-state index in [9.17, 15) is 9.18 Å². The van der Waals surface area contributed by atoms with Gasteiger partial charge >= 0.3 is 0 Å². The molecule has 1 amide bonds. The average Bonchev–Trinajstić information content (AvgIpc) is 2.65. The lowest BCUT2D eigenvalue weighted by Gasteiger charge is -2.09. The molecule has 3 rings (SSSR count). The number of ether oxygens (including phenoxy) is 1. The van der Waals surface area contributed by atoms with Crippen LogP contribution in [-0.4, -0.2) is 17.5 Å². The maximum atomic E-state index is 13.2. The molecule has 5 nitrogen and oxygen atoms in total. The van der Waals surface area contributed by atoms with Crippen LogP contribution in [-0.2, 0) is 11.2 Å². The summed E-state index contributed by atoms with van der Waals surface area (Å²) in [5.41, 5.74) is 2.31. The minimum absolute atomic E-state index is 0.0889. The van der Waals surface area contributed by atoms with Crippen molar-refractivity contribution >= 4 is 23.1 Å². The molecule has 0 saturated carbocycles.